The molecule has 0 radical (unpaired) electrons. The zero-order valence-corrected chi connectivity index (χ0v) is 14.3. The van der Waals surface area contributed by atoms with Gasteiger partial charge in [-0.05, 0) is 41.5 Å². The minimum atomic E-state index is 0.0365. The molecule has 2 aliphatic heterocycles. The quantitative estimate of drug-likeness (QED) is 0.759. The van der Waals surface area contributed by atoms with Gasteiger partial charge < -0.3 is 0 Å². The summed E-state index contributed by atoms with van der Waals surface area (Å²) >= 11 is 0. The van der Waals surface area contributed by atoms with Gasteiger partial charge in [0.05, 0.1) is 11.8 Å². The van der Waals surface area contributed by atoms with Gasteiger partial charge in [-0.2, -0.15) is 5.10 Å². The van der Waals surface area contributed by atoms with E-state index in [1.54, 1.807) is 5.01 Å². The van der Waals surface area contributed by atoms with Crippen LogP contribution in [0.1, 0.15) is 77.5 Å². The lowest BCUT2D eigenvalue weighted by molar-refractivity contribution is 0.0756. The standard InChI is InChI=1S/C22H22N2O/c25-22-19-9-5-4-8-18(19)21-14-20(23-24(21)22)17-12-10-16(11-13-17)15-6-2-1-3-7-15/h4-5,8-13,15,21H,1-3,6-7,14H2. The van der Waals surface area contributed by atoms with Crippen LogP contribution >= 0.6 is 0 Å². The van der Waals surface area contributed by atoms with E-state index in [-0.39, 0.29) is 11.9 Å². The molecule has 0 saturated heterocycles. The lowest BCUT2D eigenvalue weighted by atomic mass is 9.83. The molecule has 3 nitrogen and oxygen atoms in total. The van der Waals surface area contributed by atoms with Crippen molar-refractivity contribution in [3.63, 3.8) is 0 Å². The Morgan fingerprint density at radius 3 is 2.48 bits per heavy atom. The van der Waals surface area contributed by atoms with Crippen LogP contribution in [0, 0.1) is 0 Å². The zero-order valence-electron chi connectivity index (χ0n) is 14.3. The third kappa shape index (κ3) is 2.41. The van der Waals surface area contributed by atoms with Crippen LogP contribution in [0.15, 0.2) is 53.6 Å². The molecule has 1 amide bonds. The van der Waals surface area contributed by atoms with E-state index >= 15 is 0 Å². The highest BCUT2D eigenvalue weighted by Gasteiger charge is 2.41. The largest absolute Gasteiger partial charge is 0.274 e. The molecule has 3 aliphatic rings. The fourth-order valence-corrected chi connectivity index (χ4v) is 4.60. The number of carbonyl (C=O) groups is 1. The topological polar surface area (TPSA) is 32.7 Å². The number of nitrogens with zero attached hydrogens (tertiary/aromatic N) is 2. The summed E-state index contributed by atoms with van der Waals surface area (Å²) in [7, 11) is 0. The van der Waals surface area contributed by atoms with Gasteiger partial charge in [-0.15, -0.1) is 0 Å². The van der Waals surface area contributed by atoms with Crippen molar-refractivity contribution < 1.29 is 4.79 Å². The van der Waals surface area contributed by atoms with Crippen LogP contribution in [0.3, 0.4) is 0 Å². The zero-order chi connectivity index (χ0) is 16.8. The number of hydrogen-bond acceptors (Lipinski definition) is 2. The highest BCUT2D eigenvalue weighted by atomic mass is 16.2. The first-order valence-electron chi connectivity index (χ1n) is 9.41. The Bertz CT molecular complexity index is 847. The van der Waals surface area contributed by atoms with E-state index in [1.807, 2.05) is 18.2 Å². The molecule has 0 spiro atoms. The summed E-state index contributed by atoms with van der Waals surface area (Å²) in [6.07, 6.45) is 7.56. The summed E-state index contributed by atoms with van der Waals surface area (Å²) in [4.78, 5) is 12.5. The molecule has 5 rings (SSSR count). The van der Waals surface area contributed by atoms with Crippen LogP contribution in [-0.4, -0.2) is 16.6 Å². The summed E-state index contributed by atoms with van der Waals surface area (Å²) in [6.45, 7) is 0. The molecule has 25 heavy (non-hydrogen) atoms. The molecule has 1 fully saturated rings. The third-order valence-electron chi connectivity index (χ3n) is 5.99. The second-order valence-electron chi connectivity index (χ2n) is 7.46. The van der Waals surface area contributed by atoms with Crippen molar-refractivity contribution >= 4 is 11.6 Å². The van der Waals surface area contributed by atoms with Crippen molar-refractivity contribution in [3.05, 3.63) is 70.8 Å². The van der Waals surface area contributed by atoms with Crippen molar-refractivity contribution in [2.24, 2.45) is 5.10 Å². The van der Waals surface area contributed by atoms with Gasteiger partial charge in [-0.1, -0.05) is 61.7 Å². The lowest BCUT2D eigenvalue weighted by Gasteiger charge is -2.22. The van der Waals surface area contributed by atoms with E-state index in [0.29, 0.717) is 0 Å². The first-order valence-corrected chi connectivity index (χ1v) is 9.41. The molecule has 0 bridgehead atoms. The van der Waals surface area contributed by atoms with E-state index in [2.05, 4.69) is 35.4 Å². The second kappa shape index (κ2) is 5.83. The van der Waals surface area contributed by atoms with Crippen LogP contribution in [0.4, 0.5) is 0 Å². The average molecular weight is 330 g/mol. The van der Waals surface area contributed by atoms with Gasteiger partial charge in [0.2, 0.25) is 0 Å². The summed E-state index contributed by atoms with van der Waals surface area (Å²) in [5.41, 5.74) is 5.57. The van der Waals surface area contributed by atoms with Gasteiger partial charge in [0.25, 0.3) is 5.91 Å². The van der Waals surface area contributed by atoms with E-state index < -0.39 is 0 Å². The number of carbonyl (C=O) groups excluding carboxylic acids is 1. The molecule has 0 aromatic heterocycles. The van der Waals surface area contributed by atoms with Crippen molar-refractivity contribution in [2.75, 3.05) is 0 Å². The molecule has 1 atom stereocenters. The molecule has 1 saturated carbocycles. The number of fused-ring (bicyclic) bond motifs is 3. The van der Waals surface area contributed by atoms with E-state index in [9.17, 15) is 4.79 Å². The van der Waals surface area contributed by atoms with E-state index in [1.165, 1.54) is 37.7 Å². The number of rotatable bonds is 2. The fraction of sp³-hybridized carbons (Fsp3) is 0.364. The first-order chi connectivity index (χ1) is 12.3. The molecule has 1 aliphatic carbocycles. The number of benzene rings is 2. The Morgan fingerprint density at radius 1 is 0.920 bits per heavy atom. The minimum Gasteiger partial charge on any atom is -0.267 e. The Morgan fingerprint density at radius 2 is 1.68 bits per heavy atom. The Hall–Kier alpha value is -2.42. The fourth-order valence-electron chi connectivity index (χ4n) is 4.60. The van der Waals surface area contributed by atoms with E-state index in [0.717, 1.165) is 34.7 Å². The monoisotopic (exact) mass is 330 g/mol. The molecule has 0 N–H and O–H groups in total. The lowest BCUT2D eigenvalue weighted by Crippen LogP contribution is -2.17. The summed E-state index contributed by atoms with van der Waals surface area (Å²) in [5.74, 6) is 0.763. The van der Waals surface area contributed by atoms with Crippen molar-refractivity contribution in [1.29, 1.82) is 0 Å². The predicted molar refractivity (Wildman–Crippen MR) is 98.8 cm³/mol. The highest BCUT2D eigenvalue weighted by Crippen LogP contribution is 2.41. The molecular weight excluding hydrogens is 308 g/mol. The molecule has 2 heterocycles. The van der Waals surface area contributed by atoms with Crippen LogP contribution < -0.4 is 0 Å². The van der Waals surface area contributed by atoms with Gasteiger partial charge >= 0.3 is 0 Å². The molecule has 1 unspecified atom stereocenters. The van der Waals surface area contributed by atoms with E-state index in [4.69, 9.17) is 0 Å². The van der Waals surface area contributed by atoms with Gasteiger partial charge in [0, 0.05) is 12.0 Å². The third-order valence-corrected chi connectivity index (χ3v) is 5.99. The maximum atomic E-state index is 12.5. The SMILES string of the molecule is O=C1c2ccccc2C2CC(c3ccc(C4CCCCC4)cc3)=NN12. The predicted octanol–water partition coefficient (Wildman–Crippen LogP) is 5.04. The van der Waals surface area contributed by atoms with Crippen LogP contribution in [0.5, 0.6) is 0 Å². The van der Waals surface area contributed by atoms with Gasteiger partial charge in [-0.3, -0.25) is 4.79 Å². The molecule has 126 valence electrons. The number of hydrazone groups is 1. The van der Waals surface area contributed by atoms with Gasteiger partial charge in [0.1, 0.15) is 0 Å². The maximum Gasteiger partial charge on any atom is 0.274 e. The Labute approximate surface area is 148 Å². The smallest absolute Gasteiger partial charge is 0.267 e. The van der Waals surface area contributed by atoms with Crippen LogP contribution in [0.2, 0.25) is 0 Å². The van der Waals surface area contributed by atoms with Crippen molar-refractivity contribution in [3.8, 4) is 0 Å². The van der Waals surface area contributed by atoms with Crippen LogP contribution in [-0.2, 0) is 0 Å². The molecule has 2 aromatic rings. The molecule has 3 heteroatoms. The molecular formula is C22H22N2O. The first kappa shape index (κ1) is 14.9. The summed E-state index contributed by atoms with van der Waals surface area (Å²) < 4.78 is 0. The number of amides is 1. The highest BCUT2D eigenvalue weighted by molar-refractivity contribution is 6.07. The second-order valence-corrected chi connectivity index (χ2v) is 7.46. The van der Waals surface area contributed by atoms with Gasteiger partial charge in [-0.25, -0.2) is 5.01 Å². The Kier molecular flexibility index (Phi) is 3.47. The summed E-state index contributed by atoms with van der Waals surface area (Å²) in [6, 6.07) is 16.9. The average Bonchev–Trinajstić information content (AvgIpc) is 3.23. The Balaban J connectivity index is 1.39. The minimum absolute atomic E-state index is 0.0365. The van der Waals surface area contributed by atoms with Crippen molar-refractivity contribution in [2.45, 2.75) is 50.5 Å². The van der Waals surface area contributed by atoms with Crippen LogP contribution in [0.25, 0.3) is 0 Å². The normalized spacial score (nSPS) is 22.7. The molecule has 2 aromatic carbocycles. The summed E-state index contributed by atoms with van der Waals surface area (Å²) in [5, 5.41) is 6.33. The maximum absolute atomic E-state index is 12.5. The van der Waals surface area contributed by atoms with Gasteiger partial charge in [0.15, 0.2) is 0 Å². The number of hydrogen-bond donors (Lipinski definition) is 0. The van der Waals surface area contributed by atoms with Crippen molar-refractivity contribution in [1.82, 2.24) is 5.01 Å².